The standard InChI is InChI=1S/C41H25N3S.2C39H25N3/c1-2-9-26(10-3-1)27-17-19-28(20-18-27)38-40-39(35-15-6-7-16-37(35)45-40)44-41(43-38)31-13-8-12-29(23-31)30-21-22-34-33-14-5-4-11-32(33)25-42-36(34)24-30;1-2-9-26(10-3-1)27-17-19-28(20-18-27)38-39(42-36-16-7-6-15-35(36)41-38)31-13-8-12-29(23-31)30-21-22-34-33-14-5-4-11-32(33)25-40-37(34)24-30;1-2-9-26(10-3-1)27-17-19-28(20-18-27)38-35-15-6-7-16-36(35)41-39(42-38)31-13-8-12-29(23-31)30-21-22-34-33-14-5-4-11-32(33)25-40-37(34)24-30/h1-25H;2*1-25H. The summed E-state index contributed by atoms with van der Waals surface area (Å²) in [6, 6.07) is 153. The average Bonchev–Trinajstić information content (AvgIpc) is 1.62. The molecule has 25 aromatic rings. The van der Waals surface area contributed by atoms with Crippen molar-refractivity contribution in [1.29, 1.82) is 0 Å². The van der Waals surface area contributed by atoms with Crippen molar-refractivity contribution in [3.63, 3.8) is 0 Å². The van der Waals surface area contributed by atoms with Gasteiger partial charge in [-0.25, -0.2) is 29.9 Å². The third-order valence-electron chi connectivity index (χ3n) is 24.3. The summed E-state index contributed by atoms with van der Waals surface area (Å²) >= 11 is 1.76. The topological polar surface area (TPSA) is 116 Å². The van der Waals surface area contributed by atoms with Gasteiger partial charge < -0.3 is 0 Å². The number of nitrogens with zero attached hydrogens (tertiary/aromatic N) is 9. The van der Waals surface area contributed by atoms with Crippen molar-refractivity contribution in [2.45, 2.75) is 0 Å². The molecule has 129 heavy (non-hydrogen) atoms. The third-order valence-corrected chi connectivity index (χ3v) is 25.5. The van der Waals surface area contributed by atoms with Crippen molar-refractivity contribution in [3.8, 4) is 135 Å². The zero-order valence-corrected chi connectivity index (χ0v) is 70.6. The molecule has 0 aliphatic heterocycles. The van der Waals surface area contributed by atoms with Crippen molar-refractivity contribution >= 4 is 119 Å². The van der Waals surface area contributed by atoms with Gasteiger partial charge in [0.25, 0.3) is 0 Å². The first kappa shape index (κ1) is 76.8. The van der Waals surface area contributed by atoms with Crippen LogP contribution in [0.15, 0.2) is 455 Å². The van der Waals surface area contributed by atoms with Gasteiger partial charge in [-0.15, -0.1) is 11.3 Å². The van der Waals surface area contributed by atoms with E-state index < -0.39 is 0 Å². The van der Waals surface area contributed by atoms with E-state index in [9.17, 15) is 0 Å². The summed E-state index contributed by atoms with van der Waals surface area (Å²) in [4.78, 5) is 45.1. The monoisotopic (exact) mass is 1660 g/mol. The first-order chi connectivity index (χ1) is 63.9. The Hall–Kier alpha value is -17.1. The van der Waals surface area contributed by atoms with Crippen LogP contribution in [0.3, 0.4) is 0 Å². The molecule has 0 radical (unpaired) electrons. The van der Waals surface area contributed by atoms with E-state index in [1.165, 1.54) is 54.2 Å². The molecule has 0 saturated heterocycles. The van der Waals surface area contributed by atoms with E-state index in [1.54, 1.807) is 11.3 Å². The van der Waals surface area contributed by atoms with E-state index in [4.69, 9.17) is 44.9 Å². The first-order valence-electron chi connectivity index (χ1n) is 43.2. The predicted octanol–water partition coefficient (Wildman–Crippen LogP) is 31.2. The largest absolute Gasteiger partial charge is 0.256 e. The number of fused-ring (bicyclic) bond motifs is 14. The second-order valence-electron chi connectivity index (χ2n) is 32.3. The van der Waals surface area contributed by atoms with Gasteiger partial charge in [-0.2, -0.15) is 0 Å². The fourth-order valence-electron chi connectivity index (χ4n) is 17.7. The van der Waals surface area contributed by atoms with E-state index in [-0.39, 0.29) is 0 Å². The molecule has 0 fully saturated rings. The summed E-state index contributed by atoms with van der Waals surface area (Å²) in [5.74, 6) is 1.43. The molecular weight excluding hydrogens is 1590 g/mol. The number of aromatic nitrogens is 9. The van der Waals surface area contributed by atoms with Crippen molar-refractivity contribution in [1.82, 2.24) is 44.9 Å². The maximum atomic E-state index is 5.24. The minimum absolute atomic E-state index is 0.711. The Morgan fingerprint density at radius 2 is 0.457 bits per heavy atom. The number of thiophene rings is 1. The number of hydrogen-bond acceptors (Lipinski definition) is 10. The van der Waals surface area contributed by atoms with Crippen molar-refractivity contribution in [2.75, 3.05) is 0 Å². The molecule has 0 amide bonds. The quantitative estimate of drug-likeness (QED) is 0.110. The van der Waals surface area contributed by atoms with Crippen LogP contribution in [0.2, 0.25) is 0 Å². The number of rotatable bonds is 12. The SMILES string of the molecule is c1ccc(-c2ccc(-c3nc(-c4cccc(-c5ccc6c(c5)ncc5ccccc56)c4)nc4c3sc3ccccc34)cc2)cc1.c1ccc(-c2ccc(-c3nc(-c4cccc(-c5ccc6c(c5)ncc5ccccc56)c4)nc4ccccc34)cc2)cc1.c1ccc(-c2ccc(-c3nc4ccccc4nc3-c3cccc(-c4ccc5c(c4)ncc4ccccc45)c3)cc2)cc1. The van der Waals surface area contributed by atoms with Gasteiger partial charge in [-0.3, -0.25) is 15.0 Å². The van der Waals surface area contributed by atoms with E-state index in [0.29, 0.717) is 5.82 Å². The van der Waals surface area contributed by atoms with Crippen LogP contribution in [-0.2, 0) is 0 Å². The highest BCUT2D eigenvalue weighted by molar-refractivity contribution is 7.26. The summed E-state index contributed by atoms with van der Waals surface area (Å²) < 4.78 is 2.32. The van der Waals surface area contributed by atoms with Crippen LogP contribution >= 0.6 is 11.3 Å². The molecule has 9 nitrogen and oxygen atoms in total. The lowest BCUT2D eigenvalue weighted by Crippen LogP contribution is -1.96. The Morgan fingerprint density at radius 3 is 0.915 bits per heavy atom. The summed E-state index contributed by atoms with van der Waals surface area (Å²) in [7, 11) is 0. The minimum Gasteiger partial charge on any atom is -0.256 e. The molecule has 0 spiro atoms. The highest BCUT2D eigenvalue weighted by Gasteiger charge is 2.21. The second-order valence-corrected chi connectivity index (χ2v) is 33.4. The van der Waals surface area contributed by atoms with Crippen molar-refractivity contribution < 1.29 is 0 Å². The zero-order valence-electron chi connectivity index (χ0n) is 69.7. The van der Waals surface area contributed by atoms with Crippen molar-refractivity contribution in [2.24, 2.45) is 0 Å². The van der Waals surface area contributed by atoms with Gasteiger partial charge in [0.05, 0.1) is 66.1 Å². The fraction of sp³-hybridized carbons (Fsp3) is 0. The molecule has 0 aliphatic rings. The Morgan fingerprint density at radius 1 is 0.155 bits per heavy atom. The lowest BCUT2D eigenvalue weighted by Gasteiger charge is -2.13. The van der Waals surface area contributed by atoms with Crippen LogP contribution in [0.4, 0.5) is 0 Å². The number of hydrogen-bond donors (Lipinski definition) is 0. The molecule has 602 valence electrons. The summed E-state index contributed by atoms with van der Waals surface area (Å²) in [5.41, 5.74) is 30.3. The molecule has 0 N–H and O–H groups in total. The Bertz CT molecular complexity index is 8600. The van der Waals surface area contributed by atoms with Gasteiger partial charge in [0.2, 0.25) is 0 Å². The summed E-state index contributed by atoms with van der Waals surface area (Å²) in [6.07, 6.45) is 5.87. The average molecular weight is 1660 g/mol. The molecule has 10 heteroatoms. The smallest absolute Gasteiger partial charge is 0.160 e. The zero-order chi connectivity index (χ0) is 85.5. The Labute approximate surface area is 748 Å². The molecule has 25 rings (SSSR count). The van der Waals surface area contributed by atoms with Crippen LogP contribution in [0.5, 0.6) is 0 Å². The predicted molar refractivity (Wildman–Crippen MR) is 538 cm³/mol. The lowest BCUT2D eigenvalue weighted by atomic mass is 9.96. The normalized spacial score (nSPS) is 11.4. The number of pyridine rings is 3. The highest BCUT2D eigenvalue weighted by Crippen LogP contribution is 2.43. The van der Waals surface area contributed by atoms with Gasteiger partial charge in [0.15, 0.2) is 11.6 Å². The van der Waals surface area contributed by atoms with Gasteiger partial charge in [0, 0.05) is 99.8 Å². The highest BCUT2D eigenvalue weighted by atomic mass is 32.1. The molecule has 7 aromatic heterocycles. The van der Waals surface area contributed by atoms with Crippen LogP contribution in [-0.4, -0.2) is 44.9 Å². The molecule has 0 bridgehead atoms. The molecule has 18 aromatic carbocycles. The van der Waals surface area contributed by atoms with Crippen LogP contribution in [0, 0.1) is 0 Å². The Kier molecular flexibility index (Phi) is 20.0. The molecule has 7 heterocycles. The second kappa shape index (κ2) is 33.5. The fourth-order valence-corrected chi connectivity index (χ4v) is 18.9. The first-order valence-corrected chi connectivity index (χ1v) is 44.1. The van der Waals surface area contributed by atoms with Crippen LogP contribution in [0.25, 0.3) is 242 Å². The number of benzene rings is 18. The van der Waals surface area contributed by atoms with Gasteiger partial charge in [0.1, 0.15) is 0 Å². The lowest BCUT2D eigenvalue weighted by molar-refractivity contribution is 1.23. The molecule has 0 aliphatic carbocycles. The van der Waals surface area contributed by atoms with Gasteiger partial charge in [-0.1, -0.05) is 376 Å². The minimum atomic E-state index is 0.711. The third kappa shape index (κ3) is 15.1. The van der Waals surface area contributed by atoms with Crippen molar-refractivity contribution in [3.05, 3.63) is 455 Å². The van der Waals surface area contributed by atoms with E-state index in [1.807, 2.05) is 73.2 Å². The Balaban J connectivity index is 0.000000111. The van der Waals surface area contributed by atoms with Gasteiger partial charge in [-0.05, 0) is 144 Å². The van der Waals surface area contributed by atoms with Gasteiger partial charge >= 0.3 is 0 Å². The van der Waals surface area contributed by atoms with E-state index >= 15 is 0 Å². The maximum absolute atomic E-state index is 5.24. The molecular formula is C119H75N9S. The van der Waals surface area contributed by atoms with Crippen LogP contribution < -0.4 is 0 Å². The van der Waals surface area contributed by atoms with E-state index in [0.717, 1.165) is 182 Å². The van der Waals surface area contributed by atoms with Crippen LogP contribution in [0.1, 0.15) is 0 Å². The molecule has 0 unspecified atom stereocenters. The molecule has 0 atom stereocenters. The summed E-state index contributed by atoms with van der Waals surface area (Å²) in [6.45, 7) is 0. The maximum Gasteiger partial charge on any atom is 0.160 e. The van der Waals surface area contributed by atoms with E-state index in [2.05, 4.69) is 382 Å². The number of para-hydroxylation sites is 3. The molecule has 0 saturated carbocycles. The summed E-state index contributed by atoms with van der Waals surface area (Å²) in [5, 5.41) is 12.8.